The van der Waals surface area contributed by atoms with Crippen molar-refractivity contribution >= 4 is 29.2 Å². The number of anilines is 1. The molecule has 0 unspecified atom stereocenters. The lowest BCUT2D eigenvalue weighted by atomic mass is 9.92. The van der Waals surface area contributed by atoms with Crippen molar-refractivity contribution in [2.45, 2.75) is 43.3 Å². The van der Waals surface area contributed by atoms with Crippen molar-refractivity contribution in [1.29, 1.82) is 0 Å². The second kappa shape index (κ2) is 11.2. The van der Waals surface area contributed by atoms with Crippen molar-refractivity contribution in [3.8, 4) is 11.1 Å². The number of amidine groups is 1. The van der Waals surface area contributed by atoms with Crippen LogP contribution >= 0.6 is 11.8 Å². The van der Waals surface area contributed by atoms with E-state index in [1.165, 1.54) is 11.8 Å². The summed E-state index contributed by atoms with van der Waals surface area (Å²) in [6, 6.07) is 10.9. The molecular weight excluding hydrogens is 506 g/mol. The van der Waals surface area contributed by atoms with E-state index in [4.69, 9.17) is 11.6 Å². The molecule has 6 nitrogen and oxygen atoms in total. The molecule has 0 spiro atoms. The second-order valence-electron chi connectivity index (χ2n) is 8.09. The van der Waals surface area contributed by atoms with Gasteiger partial charge in [-0.1, -0.05) is 32.0 Å². The summed E-state index contributed by atoms with van der Waals surface area (Å²) in [7, 11) is 0. The standard InChI is InChI=1S/C24H21F4N5OS.C2H6/c1-35-20-7-2-13(12-31-20)16-5-4-15(11-17(16)21(29)33-30)32-22(34)23(8-9-23)18-6-3-14(10-19(18)25)24(26,27)28;1-2/h2-7,10-12H,8-9,30H2,1H3,(H2,29,33)(H,32,34);1-2H3. The number of carbonyl (C=O) groups excluding carboxylic acids is 1. The van der Waals surface area contributed by atoms with E-state index in [1.807, 2.05) is 32.2 Å². The van der Waals surface area contributed by atoms with E-state index >= 15 is 0 Å². The number of hydrazone groups is 1. The third-order valence-electron chi connectivity index (χ3n) is 5.95. The molecular formula is C26H27F4N5OS. The molecule has 196 valence electrons. The van der Waals surface area contributed by atoms with Gasteiger partial charge in [-0.2, -0.15) is 18.3 Å². The molecule has 0 saturated heterocycles. The summed E-state index contributed by atoms with van der Waals surface area (Å²) in [5, 5.41) is 7.13. The lowest BCUT2D eigenvalue weighted by Crippen LogP contribution is -2.29. The summed E-state index contributed by atoms with van der Waals surface area (Å²) in [5.41, 5.74) is 5.83. The minimum absolute atomic E-state index is 0.0277. The lowest BCUT2D eigenvalue weighted by molar-refractivity contribution is -0.137. The van der Waals surface area contributed by atoms with Crippen LogP contribution in [0.15, 0.2) is 64.9 Å². The van der Waals surface area contributed by atoms with Crippen LogP contribution in [-0.4, -0.2) is 23.0 Å². The first kappa shape index (κ1) is 28.0. The number of rotatable bonds is 6. The maximum atomic E-state index is 14.6. The van der Waals surface area contributed by atoms with Crippen molar-refractivity contribution in [1.82, 2.24) is 4.98 Å². The molecule has 1 fully saturated rings. The average Bonchev–Trinajstić information content (AvgIpc) is 3.71. The predicted molar refractivity (Wildman–Crippen MR) is 139 cm³/mol. The van der Waals surface area contributed by atoms with Gasteiger partial charge in [0.15, 0.2) is 5.84 Å². The first-order valence-corrected chi connectivity index (χ1v) is 12.7. The van der Waals surface area contributed by atoms with Gasteiger partial charge in [0.25, 0.3) is 0 Å². The number of benzene rings is 2. The highest BCUT2D eigenvalue weighted by Crippen LogP contribution is 2.50. The fraction of sp³-hybridized carbons (Fsp3) is 0.269. The summed E-state index contributed by atoms with van der Waals surface area (Å²) in [6.45, 7) is 4.00. The molecule has 1 amide bonds. The van der Waals surface area contributed by atoms with Crippen molar-refractivity contribution in [3.63, 3.8) is 0 Å². The Labute approximate surface area is 216 Å². The van der Waals surface area contributed by atoms with Crippen LogP contribution in [0.5, 0.6) is 0 Å². The third-order valence-corrected chi connectivity index (χ3v) is 6.61. The smallest absolute Gasteiger partial charge is 0.382 e. The summed E-state index contributed by atoms with van der Waals surface area (Å²) >= 11 is 1.50. The summed E-state index contributed by atoms with van der Waals surface area (Å²) in [6.07, 6.45) is -0.462. The van der Waals surface area contributed by atoms with Gasteiger partial charge < -0.3 is 16.9 Å². The Balaban J connectivity index is 0.00000186. The third kappa shape index (κ3) is 5.87. The number of alkyl halides is 3. The number of halogens is 4. The predicted octanol–water partition coefficient (Wildman–Crippen LogP) is 5.90. The molecule has 1 aliphatic rings. The van der Waals surface area contributed by atoms with Crippen LogP contribution in [0.1, 0.15) is 43.4 Å². The number of amides is 1. The number of thioether (sulfide) groups is 1. The van der Waals surface area contributed by atoms with E-state index < -0.39 is 28.9 Å². The molecule has 2 aromatic carbocycles. The van der Waals surface area contributed by atoms with Crippen molar-refractivity contribution < 1.29 is 22.4 Å². The molecule has 0 radical (unpaired) electrons. The fourth-order valence-corrected chi connectivity index (χ4v) is 4.25. The van der Waals surface area contributed by atoms with E-state index in [-0.39, 0.29) is 11.4 Å². The molecule has 0 atom stereocenters. The van der Waals surface area contributed by atoms with Gasteiger partial charge in [0, 0.05) is 28.6 Å². The van der Waals surface area contributed by atoms with Gasteiger partial charge in [-0.25, -0.2) is 9.37 Å². The van der Waals surface area contributed by atoms with Crippen LogP contribution in [0, 0.1) is 5.82 Å². The summed E-state index contributed by atoms with van der Waals surface area (Å²) < 4.78 is 53.3. The van der Waals surface area contributed by atoms with Crippen LogP contribution in [-0.2, 0) is 16.4 Å². The number of carbonyl (C=O) groups is 1. The van der Waals surface area contributed by atoms with Gasteiger partial charge in [-0.3, -0.25) is 4.79 Å². The quantitative estimate of drug-likeness (QED) is 0.0913. The van der Waals surface area contributed by atoms with Gasteiger partial charge in [0.2, 0.25) is 5.91 Å². The minimum Gasteiger partial charge on any atom is -0.382 e. The molecule has 1 heterocycles. The average molecular weight is 534 g/mol. The maximum absolute atomic E-state index is 14.6. The number of nitrogens with zero attached hydrogens (tertiary/aromatic N) is 2. The molecule has 0 bridgehead atoms. The number of nitrogens with one attached hydrogen (secondary N) is 1. The van der Waals surface area contributed by atoms with E-state index in [9.17, 15) is 22.4 Å². The van der Waals surface area contributed by atoms with Gasteiger partial charge >= 0.3 is 6.18 Å². The Hall–Kier alpha value is -3.60. The highest BCUT2D eigenvalue weighted by atomic mass is 32.2. The Bertz CT molecular complexity index is 1310. The molecule has 5 N–H and O–H groups in total. The zero-order chi connectivity index (χ0) is 27.4. The Morgan fingerprint density at radius 2 is 1.81 bits per heavy atom. The number of nitrogens with two attached hydrogens (primary N) is 2. The Kier molecular flexibility index (Phi) is 8.47. The second-order valence-corrected chi connectivity index (χ2v) is 8.92. The van der Waals surface area contributed by atoms with Crippen LogP contribution in [0.4, 0.5) is 23.2 Å². The van der Waals surface area contributed by atoms with E-state index in [0.29, 0.717) is 35.7 Å². The maximum Gasteiger partial charge on any atom is 0.416 e. The SMILES string of the molecule is CC.CSc1ccc(-c2ccc(NC(=O)C3(c4ccc(C(F)(F)F)cc4F)CC3)cc2/C(N)=N/N)cn1. The molecule has 37 heavy (non-hydrogen) atoms. The fourth-order valence-electron chi connectivity index (χ4n) is 3.89. The van der Waals surface area contributed by atoms with E-state index in [1.54, 1.807) is 24.4 Å². The summed E-state index contributed by atoms with van der Waals surface area (Å²) in [5.74, 6) is 3.84. The highest BCUT2D eigenvalue weighted by Gasteiger charge is 2.53. The monoisotopic (exact) mass is 533 g/mol. The first-order valence-electron chi connectivity index (χ1n) is 11.5. The molecule has 1 aliphatic carbocycles. The van der Waals surface area contributed by atoms with Gasteiger partial charge in [0.05, 0.1) is 16.0 Å². The lowest BCUT2D eigenvalue weighted by Gasteiger charge is -2.19. The van der Waals surface area contributed by atoms with Crippen molar-refractivity contribution in [2.24, 2.45) is 16.7 Å². The zero-order valence-electron chi connectivity index (χ0n) is 20.5. The molecule has 1 aromatic heterocycles. The first-order chi connectivity index (χ1) is 17.6. The van der Waals surface area contributed by atoms with Crippen LogP contribution < -0.4 is 16.9 Å². The van der Waals surface area contributed by atoms with Gasteiger partial charge in [-0.15, -0.1) is 11.8 Å². The van der Waals surface area contributed by atoms with Crippen LogP contribution in [0.3, 0.4) is 0 Å². The molecule has 4 rings (SSSR count). The Morgan fingerprint density at radius 1 is 1.11 bits per heavy atom. The van der Waals surface area contributed by atoms with Crippen LogP contribution in [0.2, 0.25) is 0 Å². The van der Waals surface area contributed by atoms with Crippen molar-refractivity contribution in [3.05, 3.63) is 77.2 Å². The molecule has 0 aliphatic heterocycles. The zero-order valence-corrected chi connectivity index (χ0v) is 21.3. The topological polar surface area (TPSA) is 106 Å². The van der Waals surface area contributed by atoms with E-state index in [0.717, 1.165) is 22.7 Å². The number of hydrogen-bond donors (Lipinski definition) is 3. The Morgan fingerprint density at radius 3 is 2.32 bits per heavy atom. The number of hydrogen-bond acceptors (Lipinski definition) is 5. The minimum atomic E-state index is -4.67. The normalized spacial score (nSPS) is 14.4. The van der Waals surface area contributed by atoms with Gasteiger partial charge in [-0.05, 0) is 55.0 Å². The van der Waals surface area contributed by atoms with Gasteiger partial charge in [0.1, 0.15) is 5.82 Å². The summed E-state index contributed by atoms with van der Waals surface area (Å²) in [4.78, 5) is 17.5. The highest BCUT2D eigenvalue weighted by molar-refractivity contribution is 7.98. The van der Waals surface area contributed by atoms with Crippen LogP contribution in [0.25, 0.3) is 11.1 Å². The molecule has 3 aromatic rings. The number of aromatic nitrogens is 1. The van der Waals surface area contributed by atoms with E-state index in [2.05, 4.69) is 15.4 Å². The van der Waals surface area contributed by atoms with Crippen molar-refractivity contribution in [2.75, 3.05) is 11.6 Å². The molecule has 11 heteroatoms. The molecule has 1 saturated carbocycles. The largest absolute Gasteiger partial charge is 0.416 e. The number of pyridine rings is 1.